The Balaban J connectivity index is 2.37. The first-order valence-corrected chi connectivity index (χ1v) is 10.1. The maximum absolute atomic E-state index is 13.0. The molecule has 9 heteroatoms. The van der Waals surface area contributed by atoms with Gasteiger partial charge in [-0.1, -0.05) is 26.0 Å². The largest absolute Gasteiger partial charge is 0.491 e. The van der Waals surface area contributed by atoms with Gasteiger partial charge in [0.25, 0.3) is 5.91 Å². The number of likely N-dealkylation sites (N-methyl/N-ethyl adjacent to an activating group) is 1. The van der Waals surface area contributed by atoms with Gasteiger partial charge in [-0.2, -0.15) is 0 Å². The zero-order valence-corrected chi connectivity index (χ0v) is 17.5. The number of para-hydroxylation sites is 1. The SMILES string of the molecule is CCN1CCOc2ccccc2C(=O)N[C@H](C(=O)O)CC(=O)N[C@@H](CC(C)C)C1=O. The van der Waals surface area contributed by atoms with Gasteiger partial charge in [-0.25, -0.2) is 4.79 Å². The van der Waals surface area contributed by atoms with E-state index in [0.29, 0.717) is 13.0 Å². The summed E-state index contributed by atoms with van der Waals surface area (Å²) >= 11 is 0. The molecule has 0 saturated carbocycles. The Morgan fingerprint density at radius 2 is 1.93 bits per heavy atom. The molecule has 164 valence electrons. The summed E-state index contributed by atoms with van der Waals surface area (Å²) in [6, 6.07) is 4.22. The lowest BCUT2D eigenvalue weighted by atomic mass is 10.0. The van der Waals surface area contributed by atoms with Crippen LogP contribution in [-0.2, 0) is 14.4 Å². The van der Waals surface area contributed by atoms with Crippen LogP contribution in [0.3, 0.4) is 0 Å². The van der Waals surface area contributed by atoms with Crippen molar-refractivity contribution in [3.63, 3.8) is 0 Å². The van der Waals surface area contributed by atoms with Gasteiger partial charge >= 0.3 is 5.97 Å². The summed E-state index contributed by atoms with van der Waals surface area (Å²) in [7, 11) is 0. The lowest BCUT2D eigenvalue weighted by Crippen LogP contribution is -2.52. The van der Waals surface area contributed by atoms with Crippen LogP contribution in [0.5, 0.6) is 5.75 Å². The summed E-state index contributed by atoms with van der Waals surface area (Å²) in [5, 5.41) is 14.5. The minimum atomic E-state index is -1.44. The van der Waals surface area contributed by atoms with Crippen molar-refractivity contribution < 1.29 is 29.0 Å². The number of fused-ring (bicyclic) bond motifs is 1. The molecule has 9 nitrogen and oxygen atoms in total. The quantitative estimate of drug-likeness (QED) is 0.669. The van der Waals surface area contributed by atoms with Gasteiger partial charge in [-0.3, -0.25) is 14.4 Å². The van der Waals surface area contributed by atoms with Gasteiger partial charge in [0, 0.05) is 6.54 Å². The van der Waals surface area contributed by atoms with Crippen LogP contribution < -0.4 is 15.4 Å². The summed E-state index contributed by atoms with van der Waals surface area (Å²) in [6.07, 6.45) is -0.0764. The Kier molecular flexibility index (Phi) is 8.20. The fourth-order valence-electron chi connectivity index (χ4n) is 3.26. The molecule has 0 bridgehead atoms. The zero-order chi connectivity index (χ0) is 22.3. The van der Waals surface area contributed by atoms with E-state index >= 15 is 0 Å². The van der Waals surface area contributed by atoms with E-state index in [1.807, 2.05) is 20.8 Å². The highest BCUT2D eigenvalue weighted by molar-refractivity contribution is 6.00. The second kappa shape index (κ2) is 10.6. The van der Waals surface area contributed by atoms with E-state index in [4.69, 9.17) is 4.74 Å². The number of nitrogens with zero attached hydrogens (tertiary/aromatic N) is 1. The van der Waals surface area contributed by atoms with Crippen molar-refractivity contribution in [3.05, 3.63) is 29.8 Å². The molecule has 0 radical (unpaired) electrons. The van der Waals surface area contributed by atoms with Crippen LogP contribution in [-0.4, -0.2) is 65.5 Å². The summed E-state index contributed by atoms with van der Waals surface area (Å²) < 4.78 is 5.73. The van der Waals surface area contributed by atoms with E-state index in [9.17, 15) is 24.3 Å². The molecule has 1 heterocycles. The van der Waals surface area contributed by atoms with Crippen LogP contribution in [0.4, 0.5) is 0 Å². The Bertz CT molecular complexity index is 795. The predicted octanol–water partition coefficient (Wildman–Crippen LogP) is 1.03. The van der Waals surface area contributed by atoms with Crippen LogP contribution in [0.15, 0.2) is 24.3 Å². The summed E-state index contributed by atoms with van der Waals surface area (Å²) in [5.74, 6) is -2.43. The van der Waals surface area contributed by atoms with E-state index in [0.717, 1.165) is 0 Å². The zero-order valence-electron chi connectivity index (χ0n) is 17.5. The van der Waals surface area contributed by atoms with Crippen molar-refractivity contribution in [1.82, 2.24) is 15.5 Å². The van der Waals surface area contributed by atoms with E-state index < -0.39 is 36.3 Å². The van der Waals surface area contributed by atoms with Crippen LogP contribution in [0.25, 0.3) is 0 Å². The van der Waals surface area contributed by atoms with Gasteiger partial charge in [-0.15, -0.1) is 0 Å². The van der Waals surface area contributed by atoms with Gasteiger partial charge in [0.15, 0.2) is 0 Å². The number of carboxylic acids is 1. The highest BCUT2D eigenvalue weighted by Gasteiger charge is 2.30. The Morgan fingerprint density at radius 3 is 2.57 bits per heavy atom. The van der Waals surface area contributed by atoms with Crippen molar-refractivity contribution in [1.29, 1.82) is 0 Å². The third kappa shape index (κ3) is 6.20. The number of ether oxygens (including phenoxy) is 1. The minimum Gasteiger partial charge on any atom is -0.491 e. The van der Waals surface area contributed by atoms with Gasteiger partial charge < -0.3 is 25.4 Å². The number of hydrogen-bond donors (Lipinski definition) is 3. The van der Waals surface area contributed by atoms with Gasteiger partial charge in [0.2, 0.25) is 11.8 Å². The number of carbonyl (C=O) groups is 4. The predicted molar refractivity (Wildman–Crippen MR) is 109 cm³/mol. The first kappa shape index (κ1) is 23.2. The molecule has 30 heavy (non-hydrogen) atoms. The third-order valence-corrected chi connectivity index (χ3v) is 4.78. The highest BCUT2D eigenvalue weighted by atomic mass is 16.5. The maximum Gasteiger partial charge on any atom is 0.326 e. The third-order valence-electron chi connectivity index (χ3n) is 4.78. The molecule has 2 rings (SSSR count). The highest BCUT2D eigenvalue weighted by Crippen LogP contribution is 2.19. The van der Waals surface area contributed by atoms with Crippen LogP contribution in [0, 0.1) is 5.92 Å². The molecular formula is C21H29N3O6. The monoisotopic (exact) mass is 419 g/mol. The van der Waals surface area contributed by atoms with Crippen molar-refractivity contribution in [3.8, 4) is 5.75 Å². The van der Waals surface area contributed by atoms with E-state index in [-0.39, 0.29) is 36.3 Å². The molecule has 1 aromatic carbocycles. The number of carbonyl (C=O) groups excluding carboxylic acids is 3. The molecule has 0 aliphatic carbocycles. The van der Waals surface area contributed by atoms with Gasteiger partial charge in [-0.05, 0) is 31.4 Å². The Hall–Kier alpha value is -3.10. The normalized spacial score (nSPS) is 21.2. The summed E-state index contributed by atoms with van der Waals surface area (Å²) in [6.45, 7) is 6.55. The number of aliphatic carboxylic acids is 1. The van der Waals surface area contributed by atoms with Crippen molar-refractivity contribution in [2.24, 2.45) is 5.92 Å². The molecule has 0 fully saturated rings. The molecule has 0 spiro atoms. The molecule has 3 N–H and O–H groups in total. The van der Waals surface area contributed by atoms with Gasteiger partial charge in [0.05, 0.1) is 18.5 Å². The fourth-order valence-corrected chi connectivity index (χ4v) is 3.26. The second-order valence-corrected chi connectivity index (χ2v) is 7.58. The molecular weight excluding hydrogens is 390 g/mol. The average molecular weight is 419 g/mol. The smallest absolute Gasteiger partial charge is 0.326 e. The Labute approximate surface area is 175 Å². The topological polar surface area (TPSA) is 125 Å². The second-order valence-electron chi connectivity index (χ2n) is 7.58. The van der Waals surface area contributed by atoms with E-state index in [1.54, 1.807) is 23.1 Å². The average Bonchev–Trinajstić information content (AvgIpc) is 2.69. The molecule has 3 amide bonds. The van der Waals surface area contributed by atoms with Gasteiger partial charge in [0.1, 0.15) is 24.4 Å². The minimum absolute atomic E-state index is 0.134. The molecule has 0 saturated heterocycles. The number of nitrogens with one attached hydrogen (secondary N) is 2. The number of carboxylic acid groups (broad SMARTS) is 1. The van der Waals surface area contributed by atoms with E-state index in [2.05, 4.69) is 10.6 Å². The lowest BCUT2D eigenvalue weighted by Gasteiger charge is -2.29. The molecule has 1 aliphatic rings. The van der Waals surface area contributed by atoms with Crippen molar-refractivity contribution in [2.75, 3.05) is 19.7 Å². The van der Waals surface area contributed by atoms with Crippen LogP contribution >= 0.6 is 0 Å². The van der Waals surface area contributed by atoms with E-state index in [1.165, 1.54) is 6.07 Å². The van der Waals surface area contributed by atoms with Crippen LogP contribution in [0.2, 0.25) is 0 Å². The molecule has 0 aromatic heterocycles. The maximum atomic E-state index is 13.0. The number of amides is 3. The number of hydrogen-bond acceptors (Lipinski definition) is 5. The summed E-state index contributed by atoms with van der Waals surface area (Å²) in [5.41, 5.74) is 0.160. The van der Waals surface area contributed by atoms with Crippen LogP contribution in [0.1, 0.15) is 44.0 Å². The first-order valence-electron chi connectivity index (χ1n) is 10.1. The fraction of sp³-hybridized carbons (Fsp3) is 0.524. The first-order chi connectivity index (χ1) is 14.2. The van der Waals surface area contributed by atoms with Crippen molar-refractivity contribution >= 4 is 23.7 Å². The molecule has 0 unspecified atom stereocenters. The lowest BCUT2D eigenvalue weighted by molar-refractivity contribution is -0.142. The number of benzene rings is 1. The molecule has 2 atom stereocenters. The van der Waals surface area contributed by atoms with Crippen molar-refractivity contribution in [2.45, 2.75) is 45.7 Å². The summed E-state index contributed by atoms with van der Waals surface area (Å²) in [4.78, 5) is 51.4. The Morgan fingerprint density at radius 1 is 1.23 bits per heavy atom. The molecule has 1 aliphatic heterocycles. The standard InChI is InChI=1S/C21H29N3O6/c1-4-24-9-10-30-17-8-6-5-7-14(17)19(26)23-16(21(28)29)12-18(25)22-15(20(24)27)11-13(2)3/h5-8,13,15-16H,4,9-12H2,1-3H3,(H,22,25)(H,23,26)(H,28,29)/t15-,16-/m0/s1. The molecule has 1 aromatic rings. The number of rotatable bonds is 4.